The van der Waals surface area contributed by atoms with Gasteiger partial charge in [0, 0.05) is 16.7 Å². The van der Waals surface area contributed by atoms with Crippen LogP contribution in [0.5, 0.6) is 0 Å². The monoisotopic (exact) mass is 311 g/mol. The van der Waals surface area contributed by atoms with Crippen molar-refractivity contribution in [2.24, 2.45) is 0 Å². The molecule has 2 aromatic rings. The topological polar surface area (TPSA) is 37.4 Å². The number of rotatable bonds is 0. The lowest BCUT2D eigenvalue weighted by Crippen LogP contribution is -2.31. The summed E-state index contributed by atoms with van der Waals surface area (Å²) in [4.78, 5) is 27.1. The Balaban J connectivity index is 1.84. The summed E-state index contributed by atoms with van der Waals surface area (Å²) in [5.74, 6) is -2.52. The van der Waals surface area contributed by atoms with Crippen molar-refractivity contribution in [3.05, 3.63) is 64.2 Å². The van der Waals surface area contributed by atoms with Crippen LogP contribution in [0.3, 0.4) is 0 Å². The average Bonchev–Trinajstić information content (AvgIpc) is 3.33. The zero-order valence-electron chi connectivity index (χ0n) is 12.0. The van der Waals surface area contributed by atoms with Gasteiger partial charge in [0.1, 0.15) is 0 Å². The lowest BCUT2D eigenvalue weighted by Gasteiger charge is -2.18. The molecule has 2 heterocycles. The molecule has 1 fully saturated rings. The molecule has 114 valence electrons. The number of amides is 1. The van der Waals surface area contributed by atoms with Gasteiger partial charge in [-0.3, -0.25) is 9.59 Å². The Kier molecular flexibility index (Phi) is 2.16. The van der Waals surface area contributed by atoms with Gasteiger partial charge in [0.25, 0.3) is 0 Å². The van der Waals surface area contributed by atoms with Crippen molar-refractivity contribution >= 4 is 17.4 Å². The Morgan fingerprint density at radius 1 is 1.00 bits per heavy atom. The quantitative estimate of drug-likeness (QED) is 0.750. The van der Waals surface area contributed by atoms with Crippen LogP contribution in [0.1, 0.15) is 39.9 Å². The van der Waals surface area contributed by atoms with Crippen LogP contribution in [-0.4, -0.2) is 11.7 Å². The first kappa shape index (κ1) is 12.9. The largest absolute Gasteiger partial charge is 0.306 e. The first-order valence-electron chi connectivity index (χ1n) is 7.52. The second-order valence-electron chi connectivity index (χ2n) is 6.39. The Morgan fingerprint density at radius 2 is 1.78 bits per heavy atom. The van der Waals surface area contributed by atoms with Crippen LogP contribution in [0, 0.1) is 11.6 Å². The van der Waals surface area contributed by atoms with Crippen LogP contribution in [0.25, 0.3) is 0 Å². The number of fused-ring (bicyclic) bond motifs is 2. The number of hydrogen-bond acceptors (Lipinski definition) is 2. The number of para-hydroxylation sites is 1. The number of carbonyl (C=O) groups is 2. The third kappa shape index (κ3) is 1.38. The summed E-state index contributed by atoms with van der Waals surface area (Å²) < 4.78 is 27.9. The maximum atomic E-state index is 14.3. The Morgan fingerprint density at radius 3 is 2.52 bits per heavy atom. The van der Waals surface area contributed by atoms with Crippen molar-refractivity contribution in [1.29, 1.82) is 0 Å². The molecule has 23 heavy (non-hydrogen) atoms. The summed E-state index contributed by atoms with van der Waals surface area (Å²) in [6.45, 7) is -0.102. The molecule has 0 N–H and O–H groups in total. The van der Waals surface area contributed by atoms with E-state index in [-0.39, 0.29) is 29.4 Å². The molecule has 0 saturated heterocycles. The van der Waals surface area contributed by atoms with Gasteiger partial charge in [0.2, 0.25) is 5.91 Å². The minimum atomic E-state index is -1.05. The minimum Gasteiger partial charge on any atom is -0.306 e. The van der Waals surface area contributed by atoms with Gasteiger partial charge in [-0.1, -0.05) is 12.1 Å². The van der Waals surface area contributed by atoms with Crippen molar-refractivity contribution in [3.8, 4) is 0 Å². The van der Waals surface area contributed by atoms with Crippen LogP contribution < -0.4 is 4.90 Å². The van der Waals surface area contributed by atoms with E-state index in [2.05, 4.69) is 0 Å². The molecule has 0 unspecified atom stereocenters. The van der Waals surface area contributed by atoms with E-state index in [0.717, 1.165) is 24.5 Å². The molecule has 1 amide bonds. The number of halogens is 2. The van der Waals surface area contributed by atoms with Gasteiger partial charge in [-0.2, -0.15) is 0 Å². The van der Waals surface area contributed by atoms with Crippen molar-refractivity contribution in [1.82, 2.24) is 0 Å². The zero-order valence-corrected chi connectivity index (χ0v) is 12.0. The van der Waals surface area contributed by atoms with E-state index in [1.807, 2.05) is 6.07 Å². The van der Waals surface area contributed by atoms with Crippen LogP contribution in [0.4, 0.5) is 14.5 Å². The predicted molar refractivity (Wildman–Crippen MR) is 78.3 cm³/mol. The van der Waals surface area contributed by atoms with Crippen LogP contribution in [0.2, 0.25) is 0 Å². The van der Waals surface area contributed by atoms with Crippen molar-refractivity contribution in [2.75, 3.05) is 4.90 Å². The molecule has 1 spiro atoms. The lowest BCUT2D eigenvalue weighted by molar-refractivity contribution is -0.120. The molecule has 1 aliphatic carbocycles. The van der Waals surface area contributed by atoms with Gasteiger partial charge in [-0.15, -0.1) is 0 Å². The molecule has 0 atom stereocenters. The van der Waals surface area contributed by atoms with Gasteiger partial charge in [-0.25, -0.2) is 8.78 Å². The molecular weight excluding hydrogens is 300 g/mol. The second kappa shape index (κ2) is 3.85. The second-order valence-corrected chi connectivity index (χ2v) is 6.39. The highest BCUT2D eigenvalue weighted by Gasteiger charge is 2.60. The average molecular weight is 311 g/mol. The first-order chi connectivity index (χ1) is 11.0. The van der Waals surface area contributed by atoms with Crippen LogP contribution >= 0.6 is 0 Å². The Bertz CT molecular complexity index is 931. The first-order valence-corrected chi connectivity index (χ1v) is 7.52. The molecule has 1 saturated carbocycles. The molecule has 5 rings (SSSR count). The highest BCUT2D eigenvalue weighted by atomic mass is 19.2. The van der Waals surface area contributed by atoms with Crippen LogP contribution in [0.15, 0.2) is 30.3 Å². The summed E-state index contributed by atoms with van der Waals surface area (Å²) in [6, 6.07) is 7.53. The van der Waals surface area contributed by atoms with E-state index in [0.29, 0.717) is 11.3 Å². The van der Waals surface area contributed by atoms with Crippen molar-refractivity contribution < 1.29 is 18.4 Å². The lowest BCUT2D eigenvalue weighted by atomic mass is 9.92. The van der Waals surface area contributed by atoms with Crippen LogP contribution in [-0.2, 0) is 16.8 Å². The smallest absolute Gasteiger partial charge is 0.238 e. The summed E-state index contributed by atoms with van der Waals surface area (Å²) in [6.07, 6.45) is 1.48. The minimum absolute atomic E-state index is 0.0387. The molecular formula is C18H11F2NO2. The summed E-state index contributed by atoms with van der Waals surface area (Å²) in [7, 11) is 0. The predicted octanol–water partition coefficient (Wildman–Crippen LogP) is 3.09. The van der Waals surface area contributed by atoms with Gasteiger partial charge < -0.3 is 4.90 Å². The maximum absolute atomic E-state index is 14.3. The number of carbonyl (C=O) groups excluding carboxylic acids is 2. The third-order valence-corrected chi connectivity index (χ3v) is 5.23. The Hall–Kier alpha value is -2.56. The number of benzene rings is 2. The van der Waals surface area contributed by atoms with E-state index in [9.17, 15) is 18.4 Å². The number of ketones is 1. The zero-order chi connectivity index (χ0) is 15.9. The summed E-state index contributed by atoms with van der Waals surface area (Å²) in [5, 5.41) is 0. The molecule has 0 radical (unpaired) electrons. The maximum Gasteiger partial charge on any atom is 0.238 e. The third-order valence-electron chi connectivity index (χ3n) is 5.23. The van der Waals surface area contributed by atoms with E-state index in [1.54, 1.807) is 12.1 Å². The normalized spacial score (nSPS) is 19.7. The van der Waals surface area contributed by atoms with Gasteiger partial charge in [0.05, 0.1) is 17.6 Å². The van der Waals surface area contributed by atoms with E-state index in [1.165, 1.54) is 11.0 Å². The fourth-order valence-electron chi connectivity index (χ4n) is 3.90. The number of anilines is 1. The van der Waals surface area contributed by atoms with E-state index >= 15 is 0 Å². The standard InChI is InChI=1S/C18H11F2NO2/c19-13-5-4-9-11(14(13)20)8-21-15-10(16(9)22)2-1-3-12(15)18(6-7-18)17(21)23/h1-5H,6-8H2. The molecule has 3 aliphatic rings. The van der Waals surface area contributed by atoms with Crippen molar-refractivity contribution in [2.45, 2.75) is 24.8 Å². The van der Waals surface area contributed by atoms with Crippen molar-refractivity contribution in [3.63, 3.8) is 0 Å². The number of hydrogen-bond donors (Lipinski definition) is 0. The number of nitrogens with zero attached hydrogens (tertiary/aromatic N) is 1. The highest BCUT2D eigenvalue weighted by molar-refractivity contribution is 6.21. The van der Waals surface area contributed by atoms with E-state index < -0.39 is 17.0 Å². The molecule has 2 aliphatic heterocycles. The molecule has 5 heteroatoms. The Labute approximate surface area is 130 Å². The summed E-state index contributed by atoms with van der Waals surface area (Å²) >= 11 is 0. The van der Waals surface area contributed by atoms with Gasteiger partial charge >= 0.3 is 0 Å². The SMILES string of the molecule is O=C1c2ccc(F)c(F)c2CN2C(=O)C3(CC3)c3cccc1c32. The molecule has 0 aromatic heterocycles. The summed E-state index contributed by atoms with van der Waals surface area (Å²) in [5.41, 5.74) is 1.36. The molecule has 0 bridgehead atoms. The molecule has 3 nitrogen and oxygen atoms in total. The van der Waals surface area contributed by atoms with E-state index in [4.69, 9.17) is 0 Å². The van der Waals surface area contributed by atoms with Gasteiger partial charge in [0.15, 0.2) is 17.4 Å². The van der Waals surface area contributed by atoms with Gasteiger partial charge in [-0.05, 0) is 36.6 Å². The fourth-order valence-corrected chi connectivity index (χ4v) is 3.90. The molecule has 2 aromatic carbocycles. The highest BCUT2D eigenvalue weighted by Crippen LogP contribution is 2.59. The fraction of sp³-hybridized carbons (Fsp3) is 0.222.